The number of nitrogens with one attached hydrogen (secondary N) is 1. The van der Waals surface area contributed by atoms with Crippen molar-refractivity contribution in [2.24, 2.45) is 0 Å². The molecule has 1 fully saturated rings. The molecule has 1 heterocycles. The predicted octanol–water partition coefficient (Wildman–Crippen LogP) is 3.73. The number of hydrogen-bond donors (Lipinski definition) is 1. The summed E-state index contributed by atoms with van der Waals surface area (Å²) in [5.41, 5.74) is 2.83. The van der Waals surface area contributed by atoms with Gasteiger partial charge in [0.15, 0.2) is 0 Å². The van der Waals surface area contributed by atoms with Crippen molar-refractivity contribution < 1.29 is 0 Å². The molecule has 2 rings (SSSR count). The van der Waals surface area contributed by atoms with Crippen LogP contribution in [0.5, 0.6) is 0 Å². The molecular formula is C15H23BrN2. The quantitative estimate of drug-likeness (QED) is 0.850. The molecule has 18 heavy (non-hydrogen) atoms. The van der Waals surface area contributed by atoms with Gasteiger partial charge in [-0.2, -0.15) is 0 Å². The van der Waals surface area contributed by atoms with Crippen LogP contribution in [-0.4, -0.2) is 25.2 Å². The number of rotatable bonds is 1. The van der Waals surface area contributed by atoms with Crippen molar-refractivity contribution in [1.29, 1.82) is 0 Å². The van der Waals surface area contributed by atoms with Crippen LogP contribution in [0.25, 0.3) is 0 Å². The summed E-state index contributed by atoms with van der Waals surface area (Å²) in [6, 6.07) is 6.65. The van der Waals surface area contributed by atoms with Gasteiger partial charge in [0.25, 0.3) is 0 Å². The Kier molecular flexibility index (Phi) is 4.33. The molecule has 1 aliphatic rings. The molecule has 0 aromatic heterocycles. The molecule has 100 valence electrons. The van der Waals surface area contributed by atoms with E-state index in [0.717, 1.165) is 19.6 Å². The minimum atomic E-state index is 0.182. The van der Waals surface area contributed by atoms with Gasteiger partial charge in [0.05, 0.1) is 0 Å². The standard InChI is InChI=1S/C15H23BrN2/c1-12-10-13(6-7-14(12)16)18-9-5-4-8-17-15(2,3)11-18/h6-7,10,17H,4-5,8-9,11H2,1-3H3. The highest BCUT2D eigenvalue weighted by Gasteiger charge is 2.23. The molecular weight excluding hydrogens is 288 g/mol. The minimum absolute atomic E-state index is 0.182. The van der Waals surface area contributed by atoms with Crippen molar-refractivity contribution in [1.82, 2.24) is 5.32 Å². The van der Waals surface area contributed by atoms with Crippen LogP contribution >= 0.6 is 15.9 Å². The average Bonchev–Trinajstić information content (AvgIpc) is 2.28. The summed E-state index contributed by atoms with van der Waals surface area (Å²) in [4.78, 5) is 2.51. The van der Waals surface area contributed by atoms with Crippen molar-refractivity contribution in [3.63, 3.8) is 0 Å². The number of hydrogen-bond acceptors (Lipinski definition) is 2. The first kappa shape index (κ1) is 13.9. The van der Waals surface area contributed by atoms with E-state index in [1.807, 2.05) is 0 Å². The lowest BCUT2D eigenvalue weighted by molar-refractivity contribution is 0.364. The summed E-state index contributed by atoms with van der Waals surface area (Å²) in [5, 5.41) is 3.64. The topological polar surface area (TPSA) is 15.3 Å². The van der Waals surface area contributed by atoms with E-state index in [-0.39, 0.29) is 5.54 Å². The van der Waals surface area contributed by atoms with Gasteiger partial charge in [0.2, 0.25) is 0 Å². The van der Waals surface area contributed by atoms with Gasteiger partial charge in [-0.15, -0.1) is 0 Å². The van der Waals surface area contributed by atoms with Gasteiger partial charge in [-0.05, 0) is 63.9 Å². The Morgan fingerprint density at radius 3 is 2.78 bits per heavy atom. The Labute approximate surface area is 119 Å². The SMILES string of the molecule is Cc1cc(N2CCCCNC(C)(C)C2)ccc1Br. The van der Waals surface area contributed by atoms with Gasteiger partial charge < -0.3 is 10.2 Å². The van der Waals surface area contributed by atoms with E-state index in [0.29, 0.717) is 0 Å². The molecule has 1 N–H and O–H groups in total. The van der Waals surface area contributed by atoms with Crippen molar-refractivity contribution >= 4 is 21.6 Å². The normalized spacial score (nSPS) is 20.3. The Hall–Kier alpha value is -0.540. The maximum atomic E-state index is 3.64. The first-order valence-corrected chi connectivity index (χ1v) is 7.53. The molecule has 1 aliphatic heterocycles. The van der Waals surface area contributed by atoms with Crippen molar-refractivity contribution in [3.05, 3.63) is 28.2 Å². The molecule has 0 bridgehead atoms. The van der Waals surface area contributed by atoms with Crippen LogP contribution in [0.3, 0.4) is 0 Å². The predicted molar refractivity (Wildman–Crippen MR) is 82.4 cm³/mol. The Morgan fingerprint density at radius 1 is 1.28 bits per heavy atom. The van der Waals surface area contributed by atoms with Gasteiger partial charge in [-0.1, -0.05) is 15.9 Å². The van der Waals surface area contributed by atoms with E-state index in [2.05, 4.69) is 65.1 Å². The van der Waals surface area contributed by atoms with E-state index >= 15 is 0 Å². The third-order valence-corrected chi connectivity index (χ3v) is 4.44. The lowest BCUT2D eigenvalue weighted by Gasteiger charge is -2.37. The summed E-state index contributed by atoms with van der Waals surface area (Å²) in [5.74, 6) is 0. The number of nitrogens with zero attached hydrogens (tertiary/aromatic N) is 1. The zero-order chi connectivity index (χ0) is 13.2. The van der Waals surface area contributed by atoms with Crippen molar-refractivity contribution in [3.8, 4) is 0 Å². The average molecular weight is 311 g/mol. The molecule has 1 aromatic rings. The fourth-order valence-corrected chi connectivity index (χ4v) is 2.76. The van der Waals surface area contributed by atoms with Crippen molar-refractivity contribution in [2.75, 3.05) is 24.5 Å². The van der Waals surface area contributed by atoms with Crippen molar-refractivity contribution in [2.45, 2.75) is 39.2 Å². The van der Waals surface area contributed by atoms with Gasteiger partial charge >= 0.3 is 0 Å². The van der Waals surface area contributed by atoms with Crippen LogP contribution in [0.2, 0.25) is 0 Å². The third-order valence-electron chi connectivity index (χ3n) is 3.55. The van der Waals surface area contributed by atoms with Crippen LogP contribution < -0.4 is 10.2 Å². The zero-order valence-corrected chi connectivity index (χ0v) is 13.2. The number of benzene rings is 1. The molecule has 0 saturated carbocycles. The number of halogens is 1. The summed E-state index contributed by atoms with van der Waals surface area (Å²) in [6.07, 6.45) is 2.52. The highest BCUT2D eigenvalue weighted by atomic mass is 79.9. The Balaban J connectivity index is 2.20. The first-order valence-electron chi connectivity index (χ1n) is 6.74. The fraction of sp³-hybridized carbons (Fsp3) is 0.600. The van der Waals surface area contributed by atoms with Crippen LogP contribution in [0.15, 0.2) is 22.7 Å². The maximum absolute atomic E-state index is 3.64. The smallest absolute Gasteiger partial charge is 0.0370 e. The highest BCUT2D eigenvalue weighted by Crippen LogP contribution is 2.25. The van der Waals surface area contributed by atoms with Crippen LogP contribution in [0.4, 0.5) is 5.69 Å². The fourth-order valence-electron chi connectivity index (χ4n) is 2.51. The summed E-state index contributed by atoms with van der Waals surface area (Å²) in [7, 11) is 0. The third kappa shape index (κ3) is 3.48. The van der Waals surface area contributed by atoms with Crippen LogP contribution in [0, 0.1) is 6.92 Å². The second-order valence-electron chi connectivity index (χ2n) is 5.87. The van der Waals surface area contributed by atoms with Gasteiger partial charge in [-0.25, -0.2) is 0 Å². The largest absolute Gasteiger partial charge is 0.370 e. The van der Waals surface area contributed by atoms with Gasteiger partial charge in [0.1, 0.15) is 0 Å². The molecule has 0 amide bonds. The molecule has 2 nitrogen and oxygen atoms in total. The van der Waals surface area contributed by atoms with Crippen LogP contribution in [0.1, 0.15) is 32.3 Å². The van der Waals surface area contributed by atoms with E-state index in [9.17, 15) is 0 Å². The molecule has 0 aliphatic carbocycles. The second-order valence-corrected chi connectivity index (χ2v) is 6.73. The van der Waals surface area contributed by atoms with E-state index in [4.69, 9.17) is 0 Å². The maximum Gasteiger partial charge on any atom is 0.0370 e. The van der Waals surface area contributed by atoms with Crippen LogP contribution in [-0.2, 0) is 0 Å². The lowest BCUT2D eigenvalue weighted by Crippen LogP contribution is -2.51. The first-order chi connectivity index (χ1) is 8.48. The number of aryl methyl sites for hydroxylation is 1. The Morgan fingerprint density at radius 2 is 2.06 bits per heavy atom. The van der Waals surface area contributed by atoms with Gasteiger partial charge in [0, 0.05) is 28.8 Å². The molecule has 1 saturated heterocycles. The van der Waals surface area contributed by atoms with E-state index < -0.39 is 0 Å². The molecule has 0 unspecified atom stereocenters. The minimum Gasteiger partial charge on any atom is -0.370 e. The van der Waals surface area contributed by atoms with Gasteiger partial charge in [-0.3, -0.25) is 0 Å². The summed E-state index contributed by atoms with van der Waals surface area (Å²) >= 11 is 3.57. The summed E-state index contributed by atoms with van der Waals surface area (Å²) < 4.78 is 1.19. The monoisotopic (exact) mass is 310 g/mol. The highest BCUT2D eigenvalue weighted by molar-refractivity contribution is 9.10. The Bertz CT molecular complexity index is 415. The summed E-state index contributed by atoms with van der Waals surface area (Å²) in [6.45, 7) is 10.1. The molecule has 0 spiro atoms. The van der Waals surface area contributed by atoms with E-state index in [1.165, 1.54) is 28.6 Å². The molecule has 0 radical (unpaired) electrons. The molecule has 1 aromatic carbocycles. The number of anilines is 1. The van der Waals surface area contributed by atoms with E-state index in [1.54, 1.807) is 0 Å². The lowest BCUT2D eigenvalue weighted by atomic mass is 10.0. The second kappa shape index (κ2) is 5.62. The molecule has 0 atom stereocenters. The zero-order valence-electron chi connectivity index (χ0n) is 11.6. The molecule has 3 heteroatoms.